The molecule has 0 atom stereocenters. The van der Waals surface area contributed by atoms with E-state index < -0.39 is 26.1 Å². The molecule has 0 aliphatic carbocycles. The van der Waals surface area contributed by atoms with Crippen LogP contribution in [0, 0.1) is 0 Å². The van der Waals surface area contributed by atoms with Gasteiger partial charge in [0.05, 0.1) is 33.1 Å². The van der Waals surface area contributed by atoms with Gasteiger partial charge in [-0.2, -0.15) is 5.10 Å². The van der Waals surface area contributed by atoms with E-state index in [4.69, 9.17) is 10.3 Å². The van der Waals surface area contributed by atoms with Crippen molar-refractivity contribution in [3.63, 3.8) is 0 Å². The number of primary sulfonamides is 2. The quantitative estimate of drug-likeness (QED) is 0.308. The fraction of sp³-hybridized carbons (Fsp3) is 0. The van der Waals surface area contributed by atoms with Crippen molar-refractivity contribution in [3.05, 3.63) is 85.1 Å². The van der Waals surface area contributed by atoms with E-state index in [9.17, 15) is 21.6 Å². The van der Waals surface area contributed by atoms with Crippen LogP contribution in [0.5, 0.6) is 0 Å². The zero-order valence-corrected chi connectivity index (χ0v) is 19.6. The van der Waals surface area contributed by atoms with E-state index in [0.717, 1.165) is 5.56 Å². The molecule has 0 aliphatic heterocycles. The topological polar surface area (TPSA) is 179 Å². The van der Waals surface area contributed by atoms with Crippen LogP contribution in [-0.2, 0) is 20.0 Å². The smallest absolute Gasteiger partial charge is 0.308 e. The standard InChI is InChI=1S/C22H20N6O5S2/c23-34(30,31)18-10-6-16(7-11-18)26-22(29)27-20-14-25-28(21(20)15-4-2-1-3-5-15)17-8-12-19(13-9-17)35(24,32)33/h1-14H,(H2,23,30,31)(H2,24,32,33)(H2,26,27,29). The van der Waals surface area contributed by atoms with Crippen molar-refractivity contribution in [1.29, 1.82) is 0 Å². The number of benzene rings is 3. The van der Waals surface area contributed by atoms with Crippen molar-refractivity contribution in [2.45, 2.75) is 9.79 Å². The van der Waals surface area contributed by atoms with Crippen molar-refractivity contribution < 1.29 is 21.6 Å². The molecule has 6 N–H and O–H groups in total. The summed E-state index contributed by atoms with van der Waals surface area (Å²) in [5.41, 5.74) is 2.57. The summed E-state index contributed by atoms with van der Waals surface area (Å²) in [5, 5.41) is 20.0. The lowest BCUT2D eigenvalue weighted by Crippen LogP contribution is -2.20. The maximum Gasteiger partial charge on any atom is 0.323 e. The molecule has 35 heavy (non-hydrogen) atoms. The van der Waals surface area contributed by atoms with Crippen LogP contribution >= 0.6 is 0 Å². The van der Waals surface area contributed by atoms with Crippen LogP contribution in [0.15, 0.2) is 94.9 Å². The lowest BCUT2D eigenvalue weighted by atomic mass is 10.1. The molecule has 2 amide bonds. The zero-order chi connectivity index (χ0) is 25.2. The minimum atomic E-state index is -3.85. The van der Waals surface area contributed by atoms with Crippen LogP contribution in [-0.4, -0.2) is 32.6 Å². The second-order valence-electron chi connectivity index (χ2n) is 7.37. The van der Waals surface area contributed by atoms with Crippen molar-refractivity contribution in [3.8, 4) is 16.9 Å². The first-order chi connectivity index (χ1) is 16.5. The average Bonchev–Trinajstić information content (AvgIpc) is 3.22. The third-order valence-corrected chi connectivity index (χ3v) is 6.77. The van der Waals surface area contributed by atoms with Crippen LogP contribution in [0.1, 0.15) is 0 Å². The van der Waals surface area contributed by atoms with Gasteiger partial charge in [-0.25, -0.2) is 36.6 Å². The van der Waals surface area contributed by atoms with Gasteiger partial charge in [0.15, 0.2) is 0 Å². The minimum Gasteiger partial charge on any atom is -0.308 e. The molecule has 4 rings (SSSR count). The van der Waals surface area contributed by atoms with Gasteiger partial charge in [-0.15, -0.1) is 0 Å². The van der Waals surface area contributed by atoms with Gasteiger partial charge >= 0.3 is 6.03 Å². The van der Waals surface area contributed by atoms with Gasteiger partial charge in [-0.05, 0) is 48.5 Å². The van der Waals surface area contributed by atoms with E-state index in [0.29, 0.717) is 22.8 Å². The molecule has 0 radical (unpaired) electrons. The Kier molecular flexibility index (Phi) is 6.41. The van der Waals surface area contributed by atoms with Crippen LogP contribution in [0.3, 0.4) is 0 Å². The summed E-state index contributed by atoms with van der Waals surface area (Å²) >= 11 is 0. The predicted molar refractivity (Wildman–Crippen MR) is 131 cm³/mol. The fourth-order valence-electron chi connectivity index (χ4n) is 3.30. The van der Waals surface area contributed by atoms with Gasteiger partial charge in [0.25, 0.3) is 0 Å². The number of carbonyl (C=O) groups is 1. The molecule has 3 aromatic carbocycles. The maximum atomic E-state index is 12.7. The number of sulfonamides is 2. The number of carbonyl (C=O) groups excluding carboxylic acids is 1. The highest BCUT2D eigenvalue weighted by atomic mass is 32.2. The van der Waals surface area contributed by atoms with Crippen molar-refractivity contribution >= 4 is 37.5 Å². The highest BCUT2D eigenvalue weighted by molar-refractivity contribution is 7.89. The molecular formula is C22H20N6O5S2. The molecule has 180 valence electrons. The zero-order valence-electron chi connectivity index (χ0n) is 18.0. The number of hydrogen-bond acceptors (Lipinski definition) is 6. The molecule has 1 heterocycles. The third-order valence-electron chi connectivity index (χ3n) is 4.92. The van der Waals surface area contributed by atoms with E-state index >= 15 is 0 Å². The molecule has 13 heteroatoms. The Morgan fingerprint density at radius 1 is 0.743 bits per heavy atom. The molecule has 4 aromatic rings. The Hall–Kier alpha value is -4.04. The molecule has 1 aromatic heterocycles. The number of urea groups is 1. The molecule has 0 saturated carbocycles. The van der Waals surface area contributed by atoms with Gasteiger partial charge in [0.2, 0.25) is 20.0 Å². The Morgan fingerprint density at radius 3 is 1.83 bits per heavy atom. The first-order valence-corrected chi connectivity index (χ1v) is 13.1. The number of rotatable bonds is 6. The molecule has 0 spiro atoms. The van der Waals surface area contributed by atoms with Crippen LogP contribution in [0.2, 0.25) is 0 Å². The van der Waals surface area contributed by atoms with Crippen molar-refractivity contribution in [2.24, 2.45) is 10.3 Å². The number of aromatic nitrogens is 2. The lowest BCUT2D eigenvalue weighted by Gasteiger charge is -2.12. The predicted octanol–water partition coefficient (Wildman–Crippen LogP) is 2.48. The maximum absolute atomic E-state index is 12.7. The summed E-state index contributed by atoms with van der Waals surface area (Å²) in [7, 11) is -7.70. The summed E-state index contributed by atoms with van der Waals surface area (Å²) in [5.74, 6) is 0. The summed E-state index contributed by atoms with van der Waals surface area (Å²) in [6, 6.07) is 19.8. The normalized spacial score (nSPS) is 11.7. The van der Waals surface area contributed by atoms with E-state index in [1.807, 2.05) is 30.3 Å². The Balaban J connectivity index is 1.64. The van der Waals surface area contributed by atoms with Gasteiger partial charge in [0, 0.05) is 11.3 Å². The molecule has 0 fully saturated rings. The SMILES string of the molecule is NS(=O)(=O)c1ccc(NC(=O)Nc2cnn(-c3ccc(S(N)(=O)=O)cc3)c2-c2ccccc2)cc1. The average molecular weight is 513 g/mol. The van der Waals surface area contributed by atoms with E-state index in [1.54, 1.807) is 16.8 Å². The Labute approximate surface area is 201 Å². The summed E-state index contributed by atoms with van der Waals surface area (Å²) < 4.78 is 47.5. The van der Waals surface area contributed by atoms with E-state index in [1.165, 1.54) is 42.6 Å². The van der Waals surface area contributed by atoms with Crippen LogP contribution in [0.4, 0.5) is 16.2 Å². The number of amides is 2. The van der Waals surface area contributed by atoms with Gasteiger partial charge < -0.3 is 10.6 Å². The summed E-state index contributed by atoms with van der Waals surface area (Å²) in [6.45, 7) is 0. The minimum absolute atomic E-state index is 0.0409. The molecule has 0 bridgehead atoms. The highest BCUT2D eigenvalue weighted by Gasteiger charge is 2.18. The van der Waals surface area contributed by atoms with Crippen LogP contribution < -0.4 is 20.9 Å². The summed E-state index contributed by atoms with van der Waals surface area (Å²) in [6.07, 6.45) is 1.46. The number of hydrogen-bond donors (Lipinski definition) is 4. The number of anilines is 2. The summed E-state index contributed by atoms with van der Waals surface area (Å²) in [4.78, 5) is 12.5. The largest absolute Gasteiger partial charge is 0.323 e. The Bertz CT molecular complexity index is 1580. The second kappa shape index (κ2) is 9.31. The first-order valence-electron chi connectivity index (χ1n) is 10.00. The number of nitrogens with one attached hydrogen (secondary N) is 2. The second-order valence-corrected chi connectivity index (χ2v) is 10.5. The van der Waals surface area contributed by atoms with Gasteiger partial charge in [-0.1, -0.05) is 30.3 Å². The lowest BCUT2D eigenvalue weighted by molar-refractivity contribution is 0.262. The molecule has 0 aliphatic rings. The number of nitrogens with two attached hydrogens (primary N) is 2. The molecular weight excluding hydrogens is 492 g/mol. The highest BCUT2D eigenvalue weighted by Crippen LogP contribution is 2.31. The number of nitrogens with zero attached hydrogens (tertiary/aromatic N) is 2. The fourth-order valence-corrected chi connectivity index (χ4v) is 4.33. The molecule has 0 saturated heterocycles. The van der Waals surface area contributed by atoms with Gasteiger partial charge in [0.1, 0.15) is 0 Å². The van der Waals surface area contributed by atoms with Gasteiger partial charge in [-0.3, -0.25) is 0 Å². The first kappa shape index (κ1) is 24.1. The molecule has 0 unspecified atom stereocenters. The van der Waals surface area contributed by atoms with Crippen molar-refractivity contribution in [2.75, 3.05) is 10.6 Å². The third kappa shape index (κ3) is 5.55. The van der Waals surface area contributed by atoms with E-state index in [-0.39, 0.29) is 9.79 Å². The monoisotopic (exact) mass is 512 g/mol. The van der Waals surface area contributed by atoms with Crippen molar-refractivity contribution in [1.82, 2.24) is 9.78 Å². The Morgan fingerprint density at radius 2 is 1.29 bits per heavy atom. The van der Waals surface area contributed by atoms with E-state index in [2.05, 4.69) is 15.7 Å². The van der Waals surface area contributed by atoms with Crippen LogP contribution in [0.25, 0.3) is 16.9 Å². The molecule has 11 nitrogen and oxygen atoms in total.